The van der Waals surface area contributed by atoms with Crippen LogP contribution in [0.15, 0.2) is 30.6 Å². The Kier molecular flexibility index (Phi) is 2.83. The summed E-state index contributed by atoms with van der Waals surface area (Å²) in [6.07, 6.45) is 4.29. The summed E-state index contributed by atoms with van der Waals surface area (Å²) in [7, 11) is 0. The van der Waals surface area contributed by atoms with Crippen molar-refractivity contribution in [1.82, 2.24) is 4.98 Å². The Morgan fingerprint density at radius 1 is 1.25 bits per heavy atom. The van der Waals surface area contributed by atoms with Crippen LogP contribution in [-0.4, -0.2) is 16.7 Å². The molecule has 0 spiro atoms. The summed E-state index contributed by atoms with van der Waals surface area (Å²) in [5.74, 6) is 0. The Morgan fingerprint density at radius 2 is 2.06 bits per heavy atom. The number of hydrogen-bond donors (Lipinski definition) is 4. The SMILES string of the molecule is Nc1cc(CCO)cc(-c2cc[nH]c2)c1N. The van der Waals surface area contributed by atoms with Gasteiger partial charge in [0.1, 0.15) is 0 Å². The number of rotatable bonds is 3. The lowest BCUT2D eigenvalue weighted by Crippen LogP contribution is -2.00. The molecule has 0 aliphatic heterocycles. The van der Waals surface area contributed by atoms with Gasteiger partial charge >= 0.3 is 0 Å². The molecule has 0 aliphatic carbocycles. The van der Waals surface area contributed by atoms with Crippen molar-refractivity contribution in [1.29, 1.82) is 0 Å². The highest BCUT2D eigenvalue weighted by Gasteiger charge is 2.08. The van der Waals surface area contributed by atoms with Gasteiger partial charge in [0.2, 0.25) is 0 Å². The van der Waals surface area contributed by atoms with Gasteiger partial charge in [0.25, 0.3) is 0 Å². The molecule has 0 amide bonds. The third-order valence-corrected chi connectivity index (χ3v) is 2.58. The molecule has 6 N–H and O–H groups in total. The summed E-state index contributed by atoms with van der Waals surface area (Å²) in [6.45, 7) is 0.107. The molecule has 2 aromatic rings. The summed E-state index contributed by atoms with van der Waals surface area (Å²) in [5, 5.41) is 8.92. The zero-order valence-corrected chi connectivity index (χ0v) is 8.90. The molecule has 1 aromatic carbocycles. The molecule has 0 bridgehead atoms. The monoisotopic (exact) mass is 217 g/mol. The minimum atomic E-state index is 0.107. The van der Waals surface area contributed by atoms with E-state index in [9.17, 15) is 0 Å². The van der Waals surface area contributed by atoms with Crippen molar-refractivity contribution < 1.29 is 5.11 Å². The number of nitrogen functional groups attached to an aromatic ring is 2. The van der Waals surface area contributed by atoms with E-state index in [2.05, 4.69) is 4.98 Å². The highest BCUT2D eigenvalue weighted by Crippen LogP contribution is 2.31. The largest absolute Gasteiger partial charge is 0.397 e. The molecule has 4 nitrogen and oxygen atoms in total. The first kappa shape index (κ1) is 10.6. The van der Waals surface area contributed by atoms with E-state index in [1.165, 1.54) is 0 Å². The van der Waals surface area contributed by atoms with Crippen LogP contribution in [-0.2, 0) is 6.42 Å². The molecule has 0 aliphatic rings. The first-order valence-corrected chi connectivity index (χ1v) is 5.14. The number of aliphatic hydroxyl groups excluding tert-OH is 1. The topological polar surface area (TPSA) is 88.1 Å². The number of benzene rings is 1. The van der Waals surface area contributed by atoms with E-state index >= 15 is 0 Å². The van der Waals surface area contributed by atoms with Crippen LogP contribution in [0.1, 0.15) is 5.56 Å². The molecule has 0 saturated heterocycles. The third-order valence-electron chi connectivity index (χ3n) is 2.58. The predicted molar refractivity (Wildman–Crippen MR) is 65.8 cm³/mol. The number of aromatic nitrogens is 1. The van der Waals surface area contributed by atoms with Crippen LogP contribution in [0.2, 0.25) is 0 Å². The van der Waals surface area contributed by atoms with Crippen molar-refractivity contribution in [3.8, 4) is 11.1 Å². The van der Waals surface area contributed by atoms with Gasteiger partial charge in [-0.25, -0.2) is 0 Å². The third kappa shape index (κ3) is 1.87. The molecule has 1 aromatic heterocycles. The lowest BCUT2D eigenvalue weighted by atomic mass is 10.0. The lowest BCUT2D eigenvalue weighted by Gasteiger charge is -2.10. The van der Waals surface area contributed by atoms with E-state index in [1.54, 1.807) is 0 Å². The van der Waals surface area contributed by atoms with Crippen molar-refractivity contribution in [2.45, 2.75) is 6.42 Å². The zero-order chi connectivity index (χ0) is 11.5. The highest BCUT2D eigenvalue weighted by molar-refractivity contribution is 5.84. The number of nitrogens with two attached hydrogens (primary N) is 2. The van der Waals surface area contributed by atoms with Gasteiger partial charge < -0.3 is 21.6 Å². The van der Waals surface area contributed by atoms with Crippen LogP contribution < -0.4 is 11.5 Å². The summed E-state index contributed by atoms with van der Waals surface area (Å²) in [4.78, 5) is 2.98. The first-order chi connectivity index (χ1) is 7.72. The van der Waals surface area contributed by atoms with Crippen LogP contribution in [0.3, 0.4) is 0 Å². The number of nitrogens with one attached hydrogen (secondary N) is 1. The van der Waals surface area contributed by atoms with Gasteiger partial charge in [0, 0.05) is 30.1 Å². The molecule has 0 radical (unpaired) electrons. The Hall–Kier alpha value is -1.94. The Labute approximate surface area is 93.9 Å². The van der Waals surface area contributed by atoms with Crippen LogP contribution in [0.5, 0.6) is 0 Å². The number of hydrogen-bond acceptors (Lipinski definition) is 3. The maximum Gasteiger partial charge on any atom is 0.0628 e. The van der Waals surface area contributed by atoms with Gasteiger partial charge in [-0.2, -0.15) is 0 Å². The molecular formula is C12H15N3O. The average molecular weight is 217 g/mol. The maximum atomic E-state index is 8.92. The highest BCUT2D eigenvalue weighted by atomic mass is 16.2. The van der Waals surface area contributed by atoms with E-state index in [-0.39, 0.29) is 6.61 Å². The molecule has 84 valence electrons. The van der Waals surface area contributed by atoms with E-state index in [1.807, 2.05) is 30.6 Å². The van der Waals surface area contributed by atoms with Crippen LogP contribution in [0.4, 0.5) is 11.4 Å². The minimum Gasteiger partial charge on any atom is -0.397 e. The quantitative estimate of drug-likeness (QED) is 0.586. The Bertz CT molecular complexity index is 477. The molecule has 0 fully saturated rings. The smallest absolute Gasteiger partial charge is 0.0628 e. The standard InChI is InChI=1S/C12H15N3O/c13-11-6-8(2-4-16)5-10(12(11)14)9-1-3-15-7-9/h1,3,5-7,15-16H,2,4,13-14H2. The normalized spacial score (nSPS) is 10.6. The molecular weight excluding hydrogens is 202 g/mol. The van der Waals surface area contributed by atoms with Gasteiger partial charge in [0.05, 0.1) is 11.4 Å². The zero-order valence-electron chi connectivity index (χ0n) is 8.90. The Morgan fingerprint density at radius 3 is 2.69 bits per heavy atom. The molecule has 16 heavy (non-hydrogen) atoms. The first-order valence-electron chi connectivity index (χ1n) is 5.14. The number of anilines is 2. The molecule has 2 rings (SSSR count). The second-order valence-electron chi connectivity index (χ2n) is 3.72. The van der Waals surface area contributed by atoms with Gasteiger partial charge in [-0.05, 0) is 30.2 Å². The second-order valence-corrected chi connectivity index (χ2v) is 3.72. The summed E-state index contributed by atoms with van der Waals surface area (Å²) < 4.78 is 0. The van der Waals surface area contributed by atoms with Crippen molar-refractivity contribution in [2.75, 3.05) is 18.1 Å². The average Bonchev–Trinajstić information content (AvgIpc) is 2.76. The van der Waals surface area contributed by atoms with Gasteiger partial charge in [-0.3, -0.25) is 0 Å². The fourth-order valence-corrected chi connectivity index (χ4v) is 1.74. The summed E-state index contributed by atoms with van der Waals surface area (Å²) >= 11 is 0. The van der Waals surface area contributed by atoms with Crippen LogP contribution >= 0.6 is 0 Å². The molecule has 4 heteroatoms. The van der Waals surface area contributed by atoms with Crippen LogP contribution in [0.25, 0.3) is 11.1 Å². The minimum absolute atomic E-state index is 0.107. The van der Waals surface area contributed by atoms with E-state index in [4.69, 9.17) is 16.6 Å². The number of aliphatic hydroxyl groups is 1. The summed E-state index contributed by atoms with van der Waals surface area (Å²) in [5.41, 5.74) is 15.8. The number of aromatic amines is 1. The molecule has 1 heterocycles. The molecule has 0 saturated carbocycles. The van der Waals surface area contributed by atoms with E-state index < -0.39 is 0 Å². The Balaban J connectivity index is 2.51. The van der Waals surface area contributed by atoms with Gasteiger partial charge in [-0.1, -0.05) is 0 Å². The van der Waals surface area contributed by atoms with E-state index in [0.29, 0.717) is 17.8 Å². The van der Waals surface area contributed by atoms with E-state index in [0.717, 1.165) is 16.7 Å². The maximum absolute atomic E-state index is 8.92. The van der Waals surface area contributed by atoms with Gasteiger partial charge in [-0.15, -0.1) is 0 Å². The molecule has 0 unspecified atom stereocenters. The van der Waals surface area contributed by atoms with Crippen molar-refractivity contribution in [3.63, 3.8) is 0 Å². The fraction of sp³-hybridized carbons (Fsp3) is 0.167. The van der Waals surface area contributed by atoms with Crippen molar-refractivity contribution in [3.05, 3.63) is 36.2 Å². The summed E-state index contributed by atoms with van der Waals surface area (Å²) in [6, 6.07) is 5.71. The molecule has 0 atom stereocenters. The van der Waals surface area contributed by atoms with Crippen molar-refractivity contribution in [2.24, 2.45) is 0 Å². The lowest BCUT2D eigenvalue weighted by molar-refractivity contribution is 0.299. The van der Waals surface area contributed by atoms with Crippen molar-refractivity contribution >= 4 is 11.4 Å². The second kappa shape index (κ2) is 4.28. The number of H-pyrrole nitrogens is 1. The predicted octanol–water partition coefficient (Wildman–Crippen LogP) is 1.38. The van der Waals surface area contributed by atoms with Crippen LogP contribution in [0, 0.1) is 0 Å². The fourth-order valence-electron chi connectivity index (χ4n) is 1.74. The van der Waals surface area contributed by atoms with Gasteiger partial charge in [0.15, 0.2) is 0 Å².